The second-order valence-electron chi connectivity index (χ2n) is 17.1. The van der Waals surface area contributed by atoms with Gasteiger partial charge in [-0.15, -0.1) is 0 Å². The van der Waals surface area contributed by atoms with Crippen LogP contribution in [-0.4, -0.2) is 37.2 Å². The van der Waals surface area contributed by atoms with E-state index in [4.69, 9.17) is 14.2 Å². The Bertz CT molecular complexity index is 828. The van der Waals surface area contributed by atoms with Crippen LogP contribution in [-0.2, 0) is 28.6 Å². The zero-order valence-corrected chi connectivity index (χ0v) is 37.9. The number of unbranched alkanes of at least 4 members (excludes halogenated alkanes) is 35. The first-order chi connectivity index (χ1) is 27.5. The summed E-state index contributed by atoms with van der Waals surface area (Å²) >= 11 is 0. The highest BCUT2D eigenvalue weighted by molar-refractivity contribution is 5.71. The fraction of sp³-hybridized carbons (Fsp3) is 0.940. The predicted molar refractivity (Wildman–Crippen MR) is 238 cm³/mol. The summed E-state index contributed by atoms with van der Waals surface area (Å²) in [4.78, 5) is 37.3. The molecule has 0 aromatic heterocycles. The van der Waals surface area contributed by atoms with Crippen LogP contribution >= 0.6 is 0 Å². The number of rotatable bonds is 46. The first-order valence-electron chi connectivity index (χ1n) is 25.0. The summed E-state index contributed by atoms with van der Waals surface area (Å²) in [6.45, 7) is 6.55. The maximum absolute atomic E-state index is 12.5. The van der Waals surface area contributed by atoms with E-state index in [-0.39, 0.29) is 31.1 Å². The zero-order chi connectivity index (χ0) is 40.8. The maximum Gasteiger partial charge on any atom is 0.306 e. The lowest BCUT2D eigenvalue weighted by atomic mass is 10.0. The van der Waals surface area contributed by atoms with Crippen molar-refractivity contribution in [2.24, 2.45) is 0 Å². The quantitative estimate of drug-likeness (QED) is 0.0347. The first kappa shape index (κ1) is 54.4. The van der Waals surface area contributed by atoms with E-state index in [1.165, 1.54) is 186 Å². The van der Waals surface area contributed by atoms with Crippen molar-refractivity contribution in [2.75, 3.05) is 13.2 Å². The van der Waals surface area contributed by atoms with Crippen molar-refractivity contribution in [3.05, 3.63) is 0 Å². The Morgan fingerprint density at radius 3 is 0.714 bits per heavy atom. The number of ether oxygens (including phenoxy) is 3. The van der Waals surface area contributed by atoms with Gasteiger partial charge < -0.3 is 14.2 Å². The molecule has 0 aliphatic carbocycles. The Hall–Kier alpha value is -1.59. The second-order valence-corrected chi connectivity index (χ2v) is 17.1. The Morgan fingerprint density at radius 1 is 0.286 bits per heavy atom. The number of hydrogen-bond donors (Lipinski definition) is 0. The van der Waals surface area contributed by atoms with Gasteiger partial charge in [0.15, 0.2) is 6.10 Å². The van der Waals surface area contributed by atoms with Gasteiger partial charge >= 0.3 is 17.9 Å². The van der Waals surface area contributed by atoms with Crippen LogP contribution in [0.2, 0.25) is 0 Å². The van der Waals surface area contributed by atoms with Crippen molar-refractivity contribution in [3.8, 4) is 0 Å². The zero-order valence-electron chi connectivity index (χ0n) is 37.9. The summed E-state index contributed by atoms with van der Waals surface area (Å²) in [6.07, 6.45) is 48.8. The minimum absolute atomic E-state index is 0.0646. The molecule has 0 aliphatic heterocycles. The van der Waals surface area contributed by atoms with E-state index in [0.29, 0.717) is 19.3 Å². The molecule has 6 heteroatoms. The molecule has 0 amide bonds. The third-order valence-corrected chi connectivity index (χ3v) is 11.4. The highest BCUT2D eigenvalue weighted by Crippen LogP contribution is 2.17. The van der Waals surface area contributed by atoms with E-state index in [1.54, 1.807) is 0 Å². The first-order valence-corrected chi connectivity index (χ1v) is 25.0. The molecule has 0 bridgehead atoms. The molecular formula is C50H96O6. The van der Waals surface area contributed by atoms with Crippen molar-refractivity contribution >= 4 is 17.9 Å². The van der Waals surface area contributed by atoms with Gasteiger partial charge in [0.05, 0.1) is 0 Å². The number of carbonyl (C=O) groups excluding carboxylic acids is 3. The van der Waals surface area contributed by atoms with Gasteiger partial charge in [-0.25, -0.2) is 0 Å². The Balaban J connectivity index is 3.84. The Kier molecular flexibility index (Phi) is 44.8. The summed E-state index contributed by atoms with van der Waals surface area (Å²) in [5.74, 6) is -0.872. The van der Waals surface area contributed by atoms with Gasteiger partial charge in [0, 0.05) is 19.3 Å². The van der Waals surface area contributed by atoms with Gasteiger partial charge in [0.25, 0.3) is 0 Å². The molecule has 0 heterocycles. The minimum Gasteiger partial charge on any atom is -0.462 e. The summed E-state index contributed by atoms with van der Waals surface area (Å²) in [5, 5.41) is 0. The molecular weight excluding hydrogens is 697 g/mol. The van der Waals surface area contributed by atoms with Gasteiger partial charge in [-0.3, -0.25) is 14.4 Å². The van der Waals surface area contributed by atoms with E-state index in [9.17, 15) is 14.4 Å². The van der Waals surface area contributed by atoms with Gasteiger partial charge in [0.2, 0.25) is 0 Å². The molecule has 0 fully saturated rings. The topological polar surface area (TPSA) is 78.9 Å². The van der Waals surface area contributed by atoms with E-state index < -0.39 is 6.10 Å². The Labute approximate surface area is 348 Å². The lowest BCUT2D eigenvalue weighted by molar-refractivity contribution is -0.167. The van der Waals surface area contributed by atoms with Crippen LogP contribution in [0.4, 0.5) is 0 Å². The highest BCUT2D eigenvalue weighted by atomic mass is 16.6. The number of esters is 3. The summed E-state index contributed by atoms with van der Waals surface area (Å²) < 4.78 is 16.6. The summed E-state index contributed by atoms with van der Waals surface area (Å²) in [6, 6.07) is 0. The van der Waals surface area contributed by atoms with Crippen LogP contribution in [0.25, 0.3) is 0 Å². The van der Waals surface area contributed by atoms with Crippen LogP contribution < -0.4 is 0 Å². The third-order valence-electron chi connectivity index (χ3n) is 11.4. The number of carbonyl (C=O) groups is 3. The van der Waals surface area contributed by atoms with Crippen LogP contribution in [0, 0.1) is 0 Å². The van der Waals surface area contributed by atoms with Crippen LogP contribution in [0.1, 0.15) is 284 Å². The maximum atomic E-state index is 12.5. The molecule has 0 rings (SSSR count). The summed E-state index contributed by atoms with van der Waals surface area (Å²) in [7, 11) is 0. The standard InChI is InChI=1S/C50H96O6/c1-4-7-10-13-16-17-18-19-20-21-22-23-24-25-26-27-28-29-30-31-32-33-34-35-38-40-43-49(52)55-46-47(56-50(53)44-41-37-15-12-9-6-3)45-54-48(51)42-39-36-14-11-8-5-2/h47H,4-46H2,1-3H3. The molecule has 1 unspecified atom stereocenters. The van der Waals surface area contributed by atoms with E-state index in [1.807, 2.05) is 0 Å². The molecule has 0 aliphatic rings. The van der Waals surface area contributed by atoms with Crippen LogP contribution in [0.5, 0.6) is 0 Å². The Morgan fingerprint density at radius 2 is 0.482 bits per heavy atom. The van der Waals surface area contributed by atoms with Gasteiger partial charge in [-0.1, -0.05) is 245 Å². The van der Waals surface area contributed by atoms with Crippen LogP contribution in [0.3, 0.4) is 0 Å². The predicted octanol–water partition coefficient (Wildman–Crippen LogP) is 16.0. The molecule has 0 saturated carbocycles. The fourth-order valence-electron chi connectivity index (χ4n) is 7.56. The molecule has 56 heavy (non-hydrogen) atoms. The molecule has 0 radical (unpaired) electrons. The molecule has 6 nitrogen and oxygen atoms in total. The van der Waals surface area contributed by atoms with E-state index in [0.717, 1.165) is 57.8 Å². The molecule has 1 atom stereocenters. The van der Waals surface area contributed by atoms with Crippen LogP contribution in [0.15, 0.2) is 0 Å². The van der Waals surface area contributed by atoms with Crippen molar-refractivity contribution in [2.45, 2.75) is 290 Å². The molecule has 0 saturated heterocycles. The van der Waals surface area contributed by atoms with Gasteiger partial charge in [-0.2, -0.15) is 0 Å². The minimum atomic E-state index is -0.756. The van der Waals surface area contributed by atoms with Crippen molar-refractivity contribution in [1.82, 2.24) is 0 Å². The monoisotopic (exact) mass is 793 g/mol. The second kappa shape index (κ2) is 46.1. The third kappa shape index (κ3) is 43.5. The lowest BCUT2D eigenvalue weighted by Crippen LogP contribution is -2.30. The van der Waals surface area contributed by atoms with E-state index in [2.05, 4.69) is 20.8 Å². The fourth-order valence-corrected chi connectivity index (χ4v) is 7.56. The molecule has 0 aromatic carbocycles. The lowest BCUT2D eigenvalue weighted by Gasteiger charge is -2.18. The highest BCUT2D eigenvalue weighted by Gasteiger charge is 2.19. The molecule has 332 valence electrons. The van der Waals surface area contributed by atoms with Crippen molar-refractivity contribution < 1.29 is 28.6 Å². The normalized spacial score (nSPS) is 11.8. The largest absolute Gasteiger partial charge is 0.462 e. The summed E-state index contributed by atoms with van der Waals surface area (Å²) in [5.41, 5.74) is 0. The average molecular weight is 793 g/mol. The van der Waals surface area contributed by atoms with Gasteiger partial charge in [0.1, 0.15) is 13.2 Å². The number of hydrogen-bond acceptors (Lipinski definition) is 6. The van der Waals surface area contributed by atoms with E-state index >= 15 is 0 Å². The van der Waals surface area contributed by atoms with Gasteiger partial charge in [-0.05, 0) is 19.3 Å². The molecule has 0 aromatic rings. The average Bonchev–Trinajstić information content (AvgIpc) is 3.19. The SMILES string of the molecule is CCCCCCCCCCCCCCCCCCCCCCCCCCCCC(=O)OCC(COC(=O)CCCCCCCC)OC(=O)CCCCCCCC. The van der Waals surface area contributed by atoms with Crippen molar-refractivity contribution in [3.63, 3.8) is 0 Å². The smallest absolute Gasteiger partial charge is 0.306 e. The molecule has 0 N–H and O–H groups in total. The molecule has 0 spiro atoms. The van der Waals surface area contributed by atoms with Crippen molar-refractivity contribution in [1.29, 1.82) is 0 Å².